The van der Waals surface area contributed by atoms with E-state index < -0.39 is 0 Å². The maximum atomic E-state index is 13.8. The Morgan fingerprint density at radius 1 is 0.968 bits per heavy atom. The molecule has 0 saturated carbocycles. The summed E-state index contributed by atoms with van der Waals surface area (Å²) in [5.74, 6) is -0.269. The van der Waals surface area contributed by atoms with Crippen molar-refractivity contribution in [3.63, 3.8) is 0 Å². The lowest BCUT2D eigenvalue weighted by Crippen LogP contribution is -2.20. The van der Waals surface area contributed by atoms with Crippen LogP contribution in [0.5, 0.6) is 0 Å². The molecule has 3 N–H and O–H groups in total. The molecule has 4 aromatic heterocycles. The van der Waals surface area contributed by atoms with Crippen LogP contribution in [0.3, 0.4) is 0 Å². The Balaban J connectivity index is 1.49. The van der Waals surface area contributed by atoms with Crippen molar-refractivity contribution in [3.05, 3.63) is 72.4 Å². The normalized spacial score (nSPS) is 14.3. The molecule has 0 saturated heterocycles. The van der Waals surface area contributed by atoms with Crippen molar-refractivity contribution >= 4 is 27.5 Å². The Bertz CT molecular complexity index is 1460. The minimum atomic E-state index is -0.269. The van der Waals surface area contributed by atoms with Crippen molar-refractivity contribution in [2.24, 2.45) is 0 Å². The number of benzene rings is 1. The van der Waals surface area contributed by atoms with E-state index in [-0.39, 0.29) is 5.82 Å². The van der Waals surface area contributed by atoms with E-state index in [0.717, 1.165) is 69.5 Å². The number of nitrogens with one attached hydrogen (secondary N) is 3. The molecule has 0 aliphatic carbocycles. The van der Waals surface area contributed by atoms with Gasteiger partial charge in [-0.05, 0) is 53.9 Å². The Morgan fingerprint density at radius 3 is 2.81 bits per heavy atom. The van der Waals surface area contributed by atoms with Gasteiger partial charge in [-0.25, -0.2) is 9.37 Å². The van der Waals surface area contributed by atoms with E-state index in [0.29, 0.717) is 0 Å². The molecule has 7 heteroatoms. The number of hydrogen-bond donors (Lipinski definition) is 3. The number of rotatable bonds is 3. The molecule has 1 aliphatic rings. The van der Waals surface area contributed by atoms with E-state index in [1.165, 1.54) is 17.7 Å². The first-order valence-electron chi connectivity index (χ1n) is 10.2. The van der Waals surface area contributed by atoms with Crippen LogP contribution >= 0.6 is 0 Å². The Hall–Kier alpha value is -3.84. The molecule has 0 unspecified atom stereocenters. The molecule has 1 aliphatic heterocycles. The Kier molecular flexibility index (Phi) is 4.14. The minimum Gasteiger partial charge on any atom is -0.352 e. The van der Waals surface area contributed by atoms with Gasteiger partial charge in [-0.3, -0.25) is 10.1 Å². The second kappa shape index (κ2) is 7.14. The summed E-state index contributed by atoms with van der Waals surface area (Å²) in [7, 11) is 0. The van der Waals surface area contributed by atoms with Crippen LogP contribution in [-0.4, -0.2) is 38.2 Å². The number of hydrogen-bond acceptors (Lipinski definition) is 4. The standard InChI is InChI=1S/C24H19FN6/c25-17-3-1-2-15(8-17)20-12-27-13-22-18(20)10-21(29-22)23-19-9-16(11-28-24(19)31-30-23)14-4-6-26-7-5-14/h1-4,8-13,26,29H,5-7H2,(H,28,30,31). The molecule has 5 heterocycles. The number of aromatic amines is 2. The second-order valence-corrected chi connectivity index (χ2v) is 7.72. The van der Waals surface area contributed by atoms with Gasteiger partial charge >= 0.3 is 0 Å². The van der Waals surface area contributed by atoms with Crippen molar-refractivity contribution < 1.29 is 4.39 Å². The highest BCUT2D eigenvalue weighted by Crippen LogP contribution is 2.34. The molecule has 0 radical (unpaired) electrons. The SMILES string of the molecule is Fc1cccc(-c2cncc3[nH]c(-c4n[nH]c5ncc(C6=CCNCC6)cc45)cc23)c1. The van der Waals surface area contributed by atoms with Crippen molar-refractivity contribution in [1.29, 1.82) is 0 Å². The van der Waals surface area contributed by atoms with E-state index in [1.807, 2.05) is 18.3 Å². The van der Waals surface area contributed by atoms with Gasteiger partial charge in [0.25, 0.3) is 0 Å². The third-order valence-electron chi connectivity index (χ3n) is 5.79. The van der Waals surface area contributed by atoms with Gasteiger partial charge in [0.1, 0.15) is 11.5 Å². The first-order chi connectivity index (χ1) is 15.3. The van der Waals surface area contributed by atoms with Crippen LogP contribution in [0, 0.1) is 5.82 Å². The Morgan fingerprint density at radius 2 is 1.94 bits per heavy atom. The third-order valence-corrected chi connectivity index (χ3v) is 5.79. The minimum absolute atomic E-state index is 0.269. The van der Waals surface area contributed by atoms with Crippen LogP contribution in [0.1, 0.15) is 12.0 Å². The number of H-pyrrole nitrogens is 2. The summed E-state index contributed by atoms with van der Waals surface area (Å²) in [4.78, 5) is 12.4. The zero-order valence-electron chi connectivity index (χ0n) is 16.6. The molecule has 1 aromatic carbocycles. The third kappa shape index (κ3) is 3.10. The molecule has 0 bridgehead atoms. The van der Waals surface area contributed by atoms with Gasteiger partial charge in [0, 0.05) is 35.3 Å². The molecular weight excluding hydrogens is 391 g/mol. The van der Waals surface area contributed by atoms with Gasteiger partial charge in [-0.15, -0.1) is 0 Å². The largest absolute Gasteiger partial charge is 0.352 e. The van der Waals surface area contributed by atoms with E-state index in [1.54, 1.807) is 18.5 Å². The average molecular weight is 410 g/mol. The predicted molar refractivity (Wildman–Crippen MR) is 120 cm³/mol. The first-order valence-corrected chi connectivity index (χ1v) is 10.2. The van der Waals surface area contributed by atoms with Gasteiger partial charge in [0.15, 0.2) is 5.65 Å². The fourth-order valence-electron chi connectivity index (χ4n) is 4.23. The van der Waals surface area contributed by atoms with Crippen molar-refractivity contribution in [2.45, 2.75) is 6.42 Å². The number of fused-ring (bicyclic) bond motifs is 2. The molecule has 31 heavy (non-hydrogen) atoms. The number of pyridine rings is 2. The fraction of sp³-hybridized carbons (Fsp3) is 0.125. The maximum Gasteiger partial charge on any atom is 0.155 e. The van der Waals surface area contributed by atoms with Gasteiger partial charge < -0.3 is 10.3 Å². The summed E-state index contributed by atoms with van der Waals surface area (Å²) in [5, 5.41) is 12.8. The molecule has 0 amide bonds. The van der Waals surface area contributed by atoms with Crippen LogP contribution in [0.2, 0.25) is 0 Å². The molecule has 6 rings (SSSR count). The fourth-order valence-corrected chi connectivity index (χ4v) is 4.23. The van der Waals surface area contributed by atoms with E-state index in [9.17, 15) is 4.39 Å². The molecule has 152 valence electrons. The van der Waals surface area contributed by atoms with Crippen LogP contribution in [0.15, 0.2) is 61.1 Å². The topological polar surface area (TPSA) is 82.3 Å². The summed E-state index contributed by atoms with van der Waals surface area (Å²) >= 11 is 0. The van der Waals surface area contributed by atoms with E-state index in [2.05, 4.69) is 42.6 Å². The van der Waals surface area contributed by atoms with Crippen molar-refractivity contribution in [3.8, 4) is 22.5 Å². The smallest absolute Gasteiger partial charge is 0.155 e. The van der Waals surface area contributed by atoms with Crippen LogP contribution in [-0.2, 0) is 0 Å². The summed E-state index contributed by atoms with van der Waals surface area (Å²) < 4.78 is 13.8. The summed E-state index contributed by atoms with van der Waals surface area (Å²) in [6.07, 6.45) is 8.64. The zero-order chi connectivity index (χ0) is 20.8. The monoisotopic (exact) mass is 410 g/mol. The van der Waals surface area contributed by atoms with Crippen molar-refractivity contribution in [1.82, 2.24) is 30.5 Å². The maximum absolute atomic E-state index is 13.8. The molecule has 0 fully saturated rings. The number of halogens is 1. The summed E-state index contributed by atoms with van der Waals surface area (Å²) in [5.41, 5.74) is 7.37. The molecule has 0 atom stereocenters. The first kappa shape index (κ1) is 18.0. The highest BCUT2D eigenvalue weighted by atomic mass is 19.1. The molecular formula is C24H19FN6. The molecule has 5 aromatic rings. The quantitative estimate of drug-likeness (QED) is 0.403. The number of aromatic nitrogens is 5. The van der Waals surface area contributed by atoms with Crippen LogP contribution in [0.25, 0.3) is 50.0 Å². The molecule has 0 spiro atoms. The van der Waals surface area contributed by atoms with Crippen LogP contribution < -0.4 is 5.32 Å². The van der Waals surface area contributed by atoms with E-state index in [4.69, 9.17) is 0 Å². The average Bonchev–Trinajstić information content (AvgIpc) is 3.43. The second-order valence-electron chi connectivity index (χ2n) is 7.72. The summed E-state index contributed by atoms with van der Waals surface area (Å²) in [6.45, 7) is 1.85. The van der Waals surface area contributed by atoms with Crippen LogP contribution in [0.4, 0.5) is 4.39 Å². The Labute approximate surface area is 177 Å². The lowest BCUT2D eigenvalue weighted by atomic mass is 10.0. The molecule has 6 nitrogen and oxygen atoms in total. The van der Waals surface area contributed by atoms with Gasteiger partial charge in [0.2, 0.25) is 0 Å². The summed E-state index contributed by atoms with van der Waals surface area (Å²) in [6, 6.07) is 10.8. The number of nitrogens with zero attached hydrogens (tertiary/aromatic N) is 3. The van der Waals surface area contributed by atoms with Gasteiger partial charge in [0.05, 0.1) is 17.4 Å². The van der Waals surface area contributed by atoms with Crippen molar-refractivity contribution in [2.75, 3.05) is 13.1 Å². The van der Waals surface area contributed by atoms with Gasteiger partial charge in [-0.2, -0.15) is 5.10 Å². The lowest BCUT2D eigenvalue weighted by Gasteiger charge is -2.13. The van der Waals surface area contributed by atoms with E-state index >= 15 is 0 Å². The predicted octanol–water partition coefficient (Wildman–Crippen LogP) is 4.68. The van der Waals surface area contributed by atoms with Gasteiger partial charge in [-0.1, -0.05) is 18.2 Å². The lowest BCUT2D eigenvalue weighted by molar-refractivity contribution is 0.628. The highest BCUT2D eigenvalue weighted by Gasteiger charge is 2.16. The highest BCUT2D eigenvalue weighted by molar-refractivity contribution is 6.00. The zero-order valence-corrected chi connectivity index (χ0v) is 16.6.